The lowest BCUT2D eigenvalue weighted by Gasteiger charge is -2.00. The van der Waals surface area contributed by atoms with Crippen LogP contribution in [0.3, 0.4) is 0 Å². The second kappa shape index (κ2) is 4.14. The molecule has 2 heterocycles. The van der Waals surface area contributed by atoms with Crippen LogP contribution in [0, 0.1) is 0 Å². The lowest BCUT2D eigenvalue weighted by atomic mass is 10.2. The molecule has 0 aliphatic rings. The Kier molecular flexibility index (Phi) is 2.48. The van der Waals surface area contributed by atoms with Gasteiger partial charge in [-0.15, -0.1) is 0 Å². The van der Waals surface area contributed by atoms with Crippen LogP contribution in [0.2, 0.25) is 0 Å². The van der Waals surface area contributed by atoms with Crippen LogP contribution >= 0.6 is 0 Å². The molecule has 0 aliphatic heterocycles. The lowest BCUT2D eigenvalue weighted by molar-refractivity contribution is 0.0526. The lowest BCUT2D eigenvalue weighted by Crippen LogP contribution is -2.04. The van der Waals surface area contributed by atoms with Crippen LogP contribution in [-0.4, -0.2) is 22.5 Å². The van der Waals surface area contributed by atoms with Crippen molar-refractivity contribution in [2.24, 2.45) is 0 Å². The zero-order chi connectivity index (χ0) is 12.5. The zero-order valence-electron chi connectivity index (χ0n) is 9.93. The van der Waals surface area contributed by atoms with Crippen LogP contribution in [0.1, 0.15) is 17.3 Å². The van der Waals surface area contributed by atoms with Crippen LogP contribution in [-0.2, 0) is 4.74 Å². The van der Waals surface area contributed by atoms with Crippen molar-refractivity contribution in [3.8, 4) is 0 Å². The monoisotopic (exact) mass is 240 g/mol. The summed E-state index contributed by atoms with van der Waals surface area (Å²) in [4.78, 5) is 19.2. The topological polar surface area (TPSA) is 55.0 Å². The summed E-state index contributed by atoms with van der Waals surface area (Å²) in [5.41, 5.74) is 3.21. The predicted octanol–water partition coefficient (Wildman–Crippen LogP) is 2.89. The molecular weight excluding hydrogens is 228 g/mol. The maximum absolute atomic E-state index is 11.6. The molecule has 0 amide bonds. The van der Waals surface area contributed by atoms with Crippen LogP contribution in [0.4, 0.5) is 0 Å². The largest absolute Gasteiger partial charge is 0.462 e. The number of hydrogen-bond acceptors (Lipinski definition) is 3. The van der Waals surface area contributed by atoms with Crippen molar-refractivity contribution in [2.45, 2.75) is 6.92 Å². The van der Waals surface area contributed by atoms with Gasteiger partial charge in [0.05, 0.1) is 23.2 Å². The Morgan fingerprint density at radius 3 is 3.00 bits per heavy atom. The van der Waals surface area contributed by atoms with Crippen LogP contribution < -0.4 is 0 Å². The summed E-state index contributed by atoms with van der Waals surface area (Å²) in [6.07, 6.45) is 1.56. The number of carbonyl (C=O) groups is 1. The fraction of sp³-hybridized carbons (Fsp3) is 0.143. The molecule has 4 nitrogen and oxygen atoms in total. The average molecular weight is 240 g/mol. The van der Waals surface area contributed by atoms with Gasteiger partial charge in [-0.1, -0.05) is 18.2 Å². The van der Waals surface area contributed by atoms with Gasteiger partial charge < -0.3 is 9.72 Å². The molecule has 0 spiro atoms. The molecule has 1 N–H and O–H groups in total. The molecule has 4 heteroatoms. The van der Waals surface area contributed by atoms with Crippen LogP contribution in [0.15, 0.2) is 36.5 Å². The van der Waals surface area contributed by atoms with Gasteiger partial charge in [0.15, 0.2) is 0 Å². The minimum absolute atomic E-state index is 0.342. The van der Waals surface area contributed by atoms with E-state index in [9.17, 15) is 4.79 Å². The number of aromatic nitrogens is 2. The number of para-hydroxylation sites is 1. The van der Waals surface area contributed by atoms with E-state index in [1.54, 1.807) is 19.2 Å². The highest BCUT2D eigenvalue weighted by Crippen LogP contribution is 2.23. The van der Waals surface area contributed by atoms with Crippen molar-refractivity contribution in [3.63, 3.8) is 0 Å². The number of nitrogens with one attached hydrogen (secondary N) is 1. The Bertz CT molecular complexity index is 731. The number of fused-ring (bicyclic) bond motifs is 3. The Labute approximate surface area is 104 Å². The molecule has 0 saturated heterocycles. The summed E-state index contributed by atoms with van der Waals surface area (Å²) in [5.74, 6) is -0.342. The molecular formula is C14H12N2O2. The van der Waals surface area contributed by atoms with E-state index in [1.807, 2.05) is 24.3 Å². The molecule has 0 aliphatic carbocycles. The normalized spacial score (nSPS) is 10.9. The quantitative estimate of drug-likeness (QED) is 0.701. The fourth-order valence-corrected chi connectivity index (χ4v) is 2.04. The van der Waals surface area contributed by atoms with Gasteiger partial charge in [0.25, 0.3) is 0 Å². The summed E-state index contributed by atoms with van der Waals surface area (Å²) in [6, 6.07) is 9.70. The number of nitrogens with zero attached hydrogens (tertiary/aromatic N) is 1. The van der Waals surface area contributed by atoms with Crippen LogP contribution in [0.5, 0.6) is 0 Å². The third-order valence-corrected chi connectivity index (χ3v) is 2.85. The second-order valence-corrected chi connectivity index (χ2v) is 4.01. The third-order valence-electron chi connectivity index (χ3n) is 2.85. The van der Waals surface area contributed by atoms with Gasteiger partial charge in [0.2, 0.25) is 0 Å². The van der Waals surface area contributed by atoms with Crippen molar-refractivity contribution in [2.75, 3.05) is 6.61 Å². The maximum Gasteiger partial charge on any atom is 0.339 e. The highest BCUT2D eigenvalue weighted by Gasteiger charge is 2.10. The van der Waals surface area contributed by atoms with Gasteiger partial charge in [-0.25, -0.2) is 4.79 Å². The number of ether oxygens (including phenoxy) is 1. The smallest absolute Gasteiger partial charge is 0.339 e. The van der Waals surface area contributed by atoms with Gasteiger partial charge in [-0.2, -0.15) is 0 Å². The Morgan fingerprint density at radius 1 is 1.33 bits per heavy atom. The first-order valence-corrected chi connectivity index (χ1v) is 5.83. The summed E-state index contributed by atoms with van der Waals surface area (Å²) in [7, 11) is 0. The molecule has 18 heavy (non-hydrogen) atoms. The molecule has 0 saturated carbocycles. The number of hydrogen-bond donors (Lipinski definition) is 1. The molecule has 3 aromatic rings. The van der Waals surface area contributed by atoms with Gasteiger partial charge >= 0.3 is 5.97 Å². The number of H-pyrrole nitrogens is 1. The van der Waals surface area contributed by atoms with E-state index in [0.29, 0.717) is 12.2 Å². The molecule has 0 unspecified atom stereocenters. The number of benzene rings is 1. The first kappa shape index (κ1) is 10.8. The minimum Gasteiger partial charge on any atom is -0.462 e. The molecule has 0 atom stereocenters. The number of carbonyl (C=O) groups excluding carboxylic acids is 1. The standard InChI is InChI=1S/C14H12N2O2/c1-2-18-14(17)9-7-12-13(15-8-9)10-5-3-4-6-11(10)16-12/h3-8,16H,2H2,1H3. The summed E-state index contributed by atoms with van der Waals surface area (Å²) in [5, 5.41) is 1.06. The number of rotatable bonds is 2. The van der Waals surface area contributed by atoms with E-state index in [4.69, 9.17) is 4.74 Å². The molecule has 90 valence electrons. The fourth-order valence-electron chi connectivity index (χ4n) is 2.04. The van der Waals surface area contributed by atoms with Gasteiger partial charge in [-0.05, 0) is 19.1 Å². The average Bonchev–Trinajstić information content (AvgIpc) is 2.76. The van der Waals surface area contributed by atoms with Crippen molar-refractivity contribution < 1.29 is 9.53 Å². The number of esters is 1. The van der Waals surface area contributed by atoms with Crippen molar-refractivity contribution in [1.29, 1.82) is 0 Å². The summed E-state index contributed by atoms with van der Waals surface area (Å²) < 4.78 is 4.96. The van der Waals surface area contributed by atoms with Crippen molar-refractivity contribution >= 4 is 27.9 Å². The summed E-state index contributed by atoms with van der Waals surface area (Å²) in [6.45, 7) is 2.15. The molecule has 2 aromatic heterocycles. The first-order chi connectivity index (χ1) is 8.79. The van der Waals surface area contributed by atoms with Crippen molar-refractivity contribution in [1.82, 2.24) is 9.97 Å². The van der Waals surface area contributed by atoms with E-state index in [1.165, 1.54) is 0 Å². The molecule has 3 rings (SSSR count). The molecule has 0 radical (unpaired) electrons. The zero-order valence-corrected chi connectivity index (χ0v) is 9.93. The van der Waals surface area contributed by atoms with E-state index in [-0.39, 0.29) is 5.97 Å². The molecule has 0 fully saturated rings. The SMILES string of the molecule is CCOC(=O)c1cnc2c(c1)[nH]c1ccccc12. The predicted molar refractivity (Wildman–Crippen MR) is 69.6 cm³/mol. The van der Waals surface area contributed by atoms with Crippen LogP contribution in [0.25, 0.3) is 21.9 Å². The van der Waals surface area contributed by atoms with Crippen molar-refractivity contribution in [3.05, 3.63) is 42.1 Å². The van der Waals surface area contributed by atoms with E-state index in [0.717, 1.165) is 21.9 Å². The Balaban J connectivity index is 2.18. The molecule has 0 bridgehead atoms. The van der Waals surface area contributed by atoms with Gasteiger partial charge in [0.1, 0.15) is 0 Å². The first-order valence-electron chi connectivity index (χ1n) is 5.83. The van der Waals surface area contributed by atoms with Gasteiger partial charge in [-0.3, -0.25) is 4.98 Å². The number of pyridine rings is 1. The third kappa shape index (κ3) is 1.62. The minimum atomic E-state index is -0.342. The number of aromatic amines is 1. The highest BCUT2D eigenvalue weighted by atomic mass is 16.5. The summed E-state index contributed by atoms with van der Waals surface area (Å²) >= 11 is 0. The van der Waals surface area contributed by atoms with E-state index < -0.39 is 0 Å². The second-order valence-electron chi connectivity index (χ2n) is 4.01. The Hall–Kier alpha value is -2.36. The molecule has 1 aromatic carbocycles. The van der Waals surface area contributed by atoms with Gasteiger partial charge in [0, 0.05) is 17.1 Å². The maximum atomic E-state index is 11.6. The highest BCUT2D eigenvalue weighted by molar-refractivity contribution is 6.06. The van der Waals surface area contributed by atoms with E-state index >= 15 is 0 Å². The Morgan fingerprint density at radius 2 is 2.17 bits per heavy atom. The van der Waals surface area contributed by atoms with E-state index in [2.05, 4.69) is 9.97 Å².